The molecule has 1 amide bonds. The fourth-order valence-corrected chi connectivity index (χ4v) is 0.805. The number of aliphatic hydroxyl groups is 1. The summed E-state index contributed by atoms with van der Waals surface area (Å²) in [7, 11) is 0. The van der Waals surface area contributed by atoms with Crippen LogP contribution in [0.3, 0.4) is 0 Å². The Labute approximate surface area is 58.4 Å². The molecule has 0 bridgehead atoms. The van der Waals surface area contributed by atoms with E-state index in [1.165, 1.54) is 12.3 Å². The molecule has 1 unspecified atom stereocenters. The fourth-order valence-electron chi connectivity index (χ4n) is 0.805. The maximum absolute atomic E-state index is 10.3. The summed E-state index contributed by atoms with van der Waals surface area (Å²) >= 11 is 0. The smallest absolute Gasteiger partial charge is 0.411 e. The van der Waals surface area contributed by atoms with Crippen molar-refractivity contribution in [1.29, 1.82) is 0 Å². The standard InChI is InChI=1S/C6H9NO3/c8-5-1-3-7(4-2-5)6(9)10/h1,3,5,8H,2,4H2,(H,9,10). The lowest BCUT2D eigenvalue weighted by molar-refractivity contribution is 0.142. The van der Waals surface area contributed by atoms with Crippen LogP contribution in [0.2, 0.25) is 0 Å². The van der Waals surface area contributed by atoms with Crippen LogP contribution in [0.5, 0.6) is 0 Å². The van der Waals surface area contributed by atoms with Crippen molar-refractivity contribution in [2.24, 2.45) is 0 Å². The van der Waals surface area contributed by atoms with E-state index in [2.05, 4.69) is 0 Å². The number of hydrogen-bond acceptors (Lipinski definition) is 2. The highest BCUT2D eigenvalue weighted by Gasteiger charge is 2.14. The second-order valence-electron chi connectivity index (χ2n) is 2.17. The highest BCUT2D eigenvalue weighted by molar-refractivity contribution is 5.66. The van der Waals surface area contributed by atoms with Gasteiger partial charge in [0.2, 0.25) is 0 Å². The van der Waals surface area contributed by atoms with E-state index < -0.39 is 12.2 Å². The molecule has 1 rings (SSSR count). The van der Waals surface area contributed by atoms with E-state index in [1.807, 2.05) is 0 Å². The summed E-state index contributed by atoms with van der Waals surface area (Å²) in [4.78, 5) is 11.4. The van der Waals surface area contributed by atoms with E-state index in [4.69, 9.17) is 10.2 Å². The van der Waals surface area contributed by atoms with Gasteiger partial charge in [-0.15, -0.1) is 0 Å². The van der Waals surface area contributed by atoms with Crippen LogP contribution in [0.25, 0.3) is 0 Å². The molecule has 0 aromatic carbocycles. The Morgan fingerprint density at radius 3 is 2.80 bits per heavy atom. The molecule has 0 aromatic heterocycles. The first-order chi connectivity index (χ1) is 4.70. The molecule has 0 aliphatic carbocycles. The van der Waals surface area contributed by atoms with E-state index >= 15 is 0 Å². The minimum absolute atomic E-state index is 0.382. The SMILES string of the molecule is O=C(O)N1C=CC(O)CC1. The second-order valence-corrected chi connectivity index (χ2v) is 2.17. The Morgan fingerprint density at radius 2 is 2.40 bits per heavy atom. The van der Waals surface area contributed by atoms with Crippen LogP contribution in [0.15, 0.2) is 12.3 Å². The largest absolute Gasteiger partial charge is 0.465 e. The third-order valence-corrected chi connectivity index (χ3v) is 1.40. The van der Waals surface area contributed by atoms with E-state index in [1.54, 1.807) is 0 Å². The zero-order chi connectivity index (χ0) is 7.56. The second kappa shape index (κ2) is 2.70. The lowest BCUT2D eigenvalue weighted by Gasteiger charge is -2.20. The summed E-state index contributed by atoms with van der Waals surface area (Å²) in [6, 6.07) is 0. The average Bonchev–Trinajstić information content (AvgIpc) is 1.88. The summed E-state index contributed by atoms with van der Waals surface area (Å²) in [5, 5.41) is 17.3. The van der Waals surface area contributed by atoms with Crippen molar-refractivity contribution < 1.29 is 15.0 Å². The number of amides is 1. The number of carboxylic acid groups (broad SMARTS) is 1. The van der Waals surface area contributed by atoms with Gasteiger partial charge in [-0.3, -0.25) is 4.90 Å². The Bertz CT molecular complexity index is 166. The Hall–Kier alpha value is -1.03. The third kappa shape index (κ3) is 1.48. The molecule has 4 nitrogen and oxygen atoms in total. The highest BCUT2D eigenvalue weighted by atomic mass is 16.4. The van der Waals surface area contributed by atoms with Gasteiger partial charge in [-0.25, -0.2) is 4.79 Å². The first-order valence-corrected chi connectivity index (χ1v) is 3.06. The maximum Gasteiger partial charge on any atom is 0.411 e. The summed E-state index contributed by atoms with van der Waals surface area (Å²) < 4.78 is 0. The van der Waals surface area contributed by atoms with Gasteiger partial charge in [-0.2, -0.15) is 0 Å². The lowest BCUT2D eigenvalue weighted by atomic mass is 10.2. The molecule has 1 aliphatic rings. The third-order valence-electron chi connectivity index (χ3n) is 1.40. The Morgan fingerprint density at radius 1 is 1.70 bits per heavy atom. The Balaban J connectivity index is 2.53. The van der Waals surface area contributed by atoms with Crippen LogP contribution in [-0.2, 0) is 0 Å². The van der Waals surface area contributed by atoms with Crippen LogP contribution in [0, 0.1) is 0 Å². The van der Waals surface area contributed by atoms with Crippen LogP contribution in [0.4, 0.5) is 4.79 Å². The predicted molar refractivity (Wildman–Crippen MR) is 34.5 cm³/mol. The summed E-state index contributed by atoms with van der Waals surface area (Å²) in [5.74, 6) is 0. The maximum atomic E-state index is 10.3. The van der Waals surface area contributed by atoms with E-state index in [0.29, 0.717) is 13.0 Å². The molecule has 1 heterocycles. The van der Waals surface area contributed by atoms with Crippen LogP contribution in [0.1, 0.15) is 6.42 Å². The molecule has 1 aliphatic heterocycles. The van der Waals surface area contributed by atoms with E-state index in [9.17, 15) is 4.79 Å². The van der Waals surface area contributed by atoms with Crippen molar-refractivity contribution in [3.8, 4) is 0 Å². The first-order valence-electron chi connectivity index (χ1n) is 3.06. The van der Waals surface area contributed by atoms with Gasteiger partial charge in [0.15, 0.2) is 0 Å². The molecule has 1 atom stereocenters. The van der Waals surface area contributed by atoms with Gasteiger partial charge in [-0.1, -0.05) is 0 Å². The first kappa shape index (κ1) is 7.08. The van der Waals surface area contributed by atoms with Crippen LogP contribution >= 0.6 is 0 Å². The molecular formula is C6H9NO3. The number of aliphatic hydroxyl groups excluding tert-OH is 1. The number of hydrogen-bond donors (Lipinski definition) is 2. The molecule has 0 fully saturated rings. The van der Waals surface area contributed by atoms with E-state index in [-0.39, 0.29) is 0 Å². The van der Waals surface area contributed by atoms with Gasteiger partial charge in [0.1, 0.15) is 0 Å². The normalized spacial score (nSPS) is 24.9. The average molecular weight is 143 g/mol. The van der Waals surface area contributed by atoms with Gasteiger partial charge in [0.25, 0.3) is 0 Å². The zero-order valence-corrected chi connectivity index (χ0v) is 5.40. The molecule has 0 saturated heterocycles. The van der Waals surface area contributed by atoms with Crippen molar-refractivity contribution in [3.63, 3.8) is 0 Å². The van der Waals surface area contributed by atoms with Gasteiger partial charge in [0, 0.05) is 12.7 Å². The molecule has 2 N–H and O–H groups in total. The molecule has 56 valence electrons. The zero-order valence-electron chi connectivity index (χ0n) is 5.40. The highest BCUT2D eigenvalue weighted by Crippen LogP contribution is 2.05. The summed E-state index contributed by atoms with van der Waals surface area (Å²) in [5.41, 5.74) is 0. The van der Waals surface area contributed by atoms with Crippen molar-refractivity contribution in [2.75, 3.05) is 6.54 Å². The van der Waals surface area contributed by atoms with Crippen molar-refractivity contribution >= 4 is 6.09 Å². The quantitative estimate of drug-likeness (QED) is 0.510. The number of nitrogens with zero attached hydrogens (tertiary/aromatic N) is 1. The number of carbonyl (C=O) groups is 1. The van der Waals surface area contributed by atoms with Gasteiger partial charge < -0.3 is 10.2 Å². The van der Waals surface area contributed by atoms with Crippen molar-refractivity contribution in [1.82, 2.24) is 4.90 Å². The predicted octanol–water partition coefficient (Wildman–Crippen LogP) is 0.245. The molecule has 4 heteroatoms. The fraction of sp³-hybridized carbons (Fsp3) is 0.500. The van der Waals surface area contributed by atoms with Gasteiger partial charge in [-0.05, 0) is 12.5 Å². The van der Waals surface area contributed by atoms with Crippen molar-refractivity contribution in [3.05, 3.63) is 12.3 Å². The van der Waals surface area contributed by atoms with Gasteiger partial charge in [0.05, 0.1) is 6.10 Å². The van der Waals surface area contributed by atoms with Crippen LogP contribution < -0.4 is 0 Å². The Kier molecular flexibility index (Phi) is 1.91. The van der Waals surface area contributed by atoms with E-state index in [0.717, 1.165) is 4.90 Å². The monoisotopic (exact) mass is 143 g/mol. The lowest BCUT2D eigenvalue weighted by Crippen LogP contribution is -2.30. The number of rotatable bonds is 0. The minimum Gasteiger partial charge on any atom is -0.465 e. The molecule has 0 aromatic rings. The summed E-state index contributed by atoms with van der Waals surface area (Å²) in [6.45, 7) is 0.382. The molecule has 0 radical (unpaired) electrons. The molecular weight excluding hydrogens is 134 g/mol. The van der Waals surface area contributed by atoms with Crippen molar-refractivity contribution in [2.45, 2.75) is 12.5 Å². The minimum atomic E-state index is -0.969. The topological polar surface area (TPSA) is 60.8 Å². The van der Waals surface area contributed by atoms with Crippen LogP contribution in [-0.4, -0.2) is 33.9 Å². The molecule has 0 spiro atoms. The molecule has 10 heavy (non-hydrogen) atoms. The van der Waals surface area contributed by atoms with Gasteiger partial charge >= 0.3 is 6.09 Å². The summed E-state index contributed by atoms with van der Waals surface area (Å²) in [6.07, 6.45) is 1.90. The molecule has 0 saturated carbocycles.